The Morgan fingerprint density at radius 2 is 0.529 bits per heavy atom. The van der Waals surface area contributed by atoms with Crippen LogP contribution in [0.2, 0.25) is 0 Å². The lowest BCUT2D eigenvalue weighted by Crippen LogP contribution is -2.43. The van der Waals surface area contributed by atoms with E-state index in [4.69, 9.17) is 15.0 Å². The van der Waals surface area contributed by atoms with Gasteiger partial charge in [0, 0.05) is 16.7 Å². The molecule has 0 amide bonds. The predicted molar refractivity (Wildman–Crippen MR) is 275 cm³/mol. The van der Waals surface area contributed by atoms with Crippen LogP contribution in [0, 0.1) is 0 Å². The van der Waals surface area contributed by atoms with Gasteiger partial charge in [-0.3, -0.25) is 0 Å². The molecule has 0 saturated heterocycles. The van der Waals surface area contributed by atoms with E-state index in [1.54, 1.807) is 0 Å². The van der Waals surface area contributed by atoms with Crippen molar-refractivity contribution in [2.75, 3.05) is 0 Å². The van der Waals surface area contributed by atoms with Gasteiger partial charge in [0.1, 0.15) is 0 Å². The van der Waals surface area contributed by atoms with Gasteiger partial charge in [0.05, 0.1) is 10.8 Å². The van der Waals surface area contributed by atoms with Crippen LogP contribution in [-0.4, -0.2) is 15.0 Å². The molecule has 3 aliphatic rings. The van der Waals surface area contributed by atoms with Crippen molar-refractivity contribution in [2.24, 2.45) is 0 Å². The summed E-state index contributed by atoms with van der Waals surface area (Å²) in [6.07, 6.45) is 0. The molecule has 14 rings (SSSR count). The first-order chi connectivity index (χ1) is 33.7. The summed E-state index contributed by atoms with van der Waals surface area (Å²) < 4.78 is 0. The summed E-state index contributed by atoms with van der Waals surface area (Å²) >= 11 is 0. The summed E-state index contributed by atoms with van der Waals surface area (Å²) in [4.78, 5) is 15.4. The fraction of sp³-hybridized carbons (Fsp3) is 0.0308. The van der Waals surface area contributed by atoms with Crippen LogP contribution >= 0.6 is 0 Å². The van der Waals surface area contributed by atoms with E-state index in [2.05, 4.69) is 224 Å². The van der Waals surface area contributed by atoms with Crippen molar-refractivity contribution in [3.05, 3.63) is 293 Å². The number of aromatic nitrogens is 3. The molecule has 1 heterocycles. The molecule has 2 spiro atoms. The van der Waals surface area contributed by atoms with Gasteiger partial charge >= 0.3 is 0 Å². The van der Waals surface area contributed by atoms with Gasteiger partial charge in [-0.1, -0.05) is 243 Å². The SMILES string of the molecule is c1ccc(-c2ccc(-c3nc(-c4ccccc4)nc(-c4cccc(-c5cccc6c5-c5ccccc5C65c6ccccc6C6(c7ccccc7-c7ccccc76)c6ccccc65)c4)n3)cc2)cc1. The molecule has 11 aromatic rings. The third kappa shape index (κ3) is 5.33. The first-order valence-electron chi connectivity index (χ1n) is 23.4. The lowest BCUT2D eigenvalue weighted by molar-refractivity contribution is 0.633. The Hall–Kier alpha value is -8.79. The molecule has 1 aromatic heterocycles. The number of hydrogen-bond acceptors (Lipinski definition) is 3. The third-order valence-electron chi connectivity index (χ3n) is 14.8. The van der Waals surface area contributed by atoms with Crippen LogP contribution in [0.1, 0.15) is 44.5 Å². The van der Waals surface area contributed by atoms with Crippen LogP contribution in [0.4, 0.5) is 0 Å². The van der Waals surface area contributed by atoms with E-state index in [0.29, 0.717) is 17.5 Å². The average molecular weight is 864 g/mol. The number of benzene rings is 10. The van der Waals surface area contributed by atoms with Crippen molar-refractivity contribution < 1.29 is 0 Å². The quantitative estimate of drug-likeness (QED) is 0.173. The third-order valence-corrected chi connectivity index (χ3v) is 14.8. The van der Waals surface area contributed by atoms with Crippen molar-refractivity contribution in [1.29, 1.82) is 0 Å². The zero-order chi connectivity index (χ0) is 44.8. The van der Waals surface area contributed by atoms with Gasteiger partial charge in [-0.15, -0.1) is 0 Å². The minimum atomic E-state index is -0.575. The summed E-state index contributed by atoms with van der Waals surface area (Å²) in [6.45, 7) is 0. The average Bonchev–Trinajstić information content (AvgIpc) is 3.89. The van der Waals surface area contributed by atoms with Gasteiger partial charge in [-0.25, -0.2) is 15.0 Å². The molecule has 0 N–H and O–H groups in total. The molecule has 0 atom stereocenters. The van der Waals surface area contributed by atoms with E-state index in [0.717, 1.165) is 27.8 Å². The zero-order valence-corrected chi connectivity index (χ0v) is 37.0. The van der Waals surface area contributed by atoms with Crippen molar-refractivity contribution in [3.8, 4) is 78.7 Å². The van der Waals surface area contributed by atoms with E-state index in [1.165, 1.54) is 77.9 Å². The summed E-state index contributed by atoms with van der Waals surface area (Å²) in [7, 11) is 0. The predicted octanol–water partition coefficient (Wildman–Crippen LogP) is 15.2. The van der Waals surface area contributed by atoms with E-state index < -0.39 is 10.8 Å². The van der Waals surface area contributed by atoms with Crippen molar-refractivity contribution in [2.45, 2.75) is 10.8 Å². The Labute approximate surface area is 395 Å². The largest absolute Gasteiger partial charge is 0.208 e. The zero-order valence-electron chi connectivity index (χ0n) is 37.0. The smallest absolute Gasteiger partial charge is 0.164 e. The van der Waals surface area contributed by atoms with Crippen LogP contribution in [0.3, 0.4) is 0 Å². The van der Waals surface area contributed by atoms with Gasteiger partial charge < -0.3 is 0 Å². The first kappa shape index (κ1) is 38.5. The second-order valence-electron chi connectivity index (χ2n) is 18.2. The van der Waals surface area contributed by atoms with Crippen LogP contribution in [0.15, 0.2) is 249 Å². The lowest BCUT2D eigenvalue weighted by Gasteiger charge is -2.48. The van der Waals surface area contributed by atoms with Gasteiger partial charge in [-0.2, -0.15) is 0 Å². The van der Waals surface area contributed by atoms with E-state index in [1.807, 2.05) is 24.3 Å². The molecule has 0 aliphatic heterocycles. The molecule has 3 heteroatoms. The second kappa shape index (κ2) is 14.9. The van der Waals surface area contributed by atoms with Crippen molar-refractivity contribution >= 4 is 0 Å². The van der Waals surface area contributed by atoms with Gasteiger partial charge in [0.2, 0.25) is 0 Å². The molecule has 68 heavy (non-hydrogen) atoms. The Morgan fingerprint density at radius 1 is 0.206 bits per heavy atom. The Bertz CT molecular complexity index is 3700. The number of rotatable bonds is 5. The highest BCUT2D eigenvalue weighted by atomic mass is 15.0. The topological polar surface area (TPSA) is 38.7 Å². The minimum absolute atomic E-state index is 0.485. The van der Waals surface area contributed by atoms with E-state index >= 15 is 0 Å². The number of hydrogen-bond donors (Lipinski definition) is 0. The summed E-state index contributed by atoms with van der Waals surface area (Å²) in [5, 5.41) is 0. The normalized spacial score (nSPS) is 13.8. The summed E-state index contributed by atoms with van der Waals surface area (Å²) in [6, 6.07) is 90.8. The lowest BCUT2D eigenvalue weighted by atomic mass is 9.52. The molecule has 0 radical (unpaired) electrons. The van der Waals surface area contributed by atoms with E-state index in [-0.39, 0.29) is 0 Å². The van der Waals surface area contributed by atoms with Crippen LogP contribution in [0.5, 0.6) is 0 Å². The minimum Gasteiger partial charge on any atom is -0.208 e. The van der Waals surface area contributed by atoms with Gasteiger partial charge in [0.15, 0.2) is 17.5 Å². The fourth-order valence-corrected chi connectivity index (χ4v) is 12.1. The molecular formula is C65H41N3. The highest BCUT2D eigenvalue weighted by molar-refractivity contribution is 5.98. The maximum Gasteiger partial charge on any atom is 0.164 e. The maximum absolute atomic E-state index is 5.21. The standard InChI is InChI=1S/C65H41N3/c1-3-19-42(20-4-1)43-37-39-45(40-38-43)62-66-61(44-21-5-2-6-22-44)67-63(68-62)47-24-17-23-46(41-47)48-28-18-36-59-60(48)51-27-9-12-31-54(51)65(59)57-34-15-13-32-55(57)64(56-33-14-16-35-58(56)65)52-29-10-7-25-49(52)50-26-8-11-30-53(50)64/h1-41H. The second-order valence-corrected chi connectivity index (χ2v) is 18.2. The molecule has 316 valence electrons. The molecule has 0 fully saturated rings. The molecule has 0 saturated carbocycles. The summed E-state index contributed by atoms with van der Waals surface area (Å²) in [5.41, 5.74) is 22.1. The van der Waals surface area contributed by atoms with Crippen molar-refractivity contribution in [1.82, 2.24) is 15.0 Å². The first-order valence-corrected chi connectivity index (χ1v) is 23.4. The van der Waals surface area contributed by atoms with Crippen molar-refractivity contribution in [3.63, 3.8) is 0 Å². The molecule has 3 nitrogen and oxygen atoms in total. The van der Waals surface area contributed by atoms with Crippen LogP contribution in [-0.2, 0) is 10.8 Å². The van der Waals surface area contributed by atoms with Crippen LogP contribution < -0.4 is 0 Å². The molecule has 0 unspecified atom stereocenters. The highest BCUT2D eigenvalue weighted by Crippen LogP contribution is 2.68. The Morgan fingerprint density at radius 3 is 1.09 bits per heavy atom. The molecule has 0 bridgehead atoms. The van der Waals surface area contributed by atoms with Crippen LogP contribution in [0.25, 0.3) is 78.7 Å². The number of fused-ring (bicyclic) bond motifs is 16. The molecular weight excluding hydrogens is 823 g/mol. The number of nitrogens with zero attached hydrogens (tertiary/aromatic N) is 3. The monoisotopic (exact) mass is 863 g/mol. The Kier molecular flexibility index (Phi) is 8.41. The highest BCUT2D eigenvalue weighted by Gasteiger charge is 2.59. The fourth-order valence-electron chi connectivity index (χ4n) is 12.1. The molecule has 3 aliphatic carbocycles. The van der Waals surface area contributed by atoms with E-state index in [9.17, 15) is 0 Å². The maximum atomic E-state index is 5.21. The summed E-state index contributed by atoms with van der Waals surface area (Å²) in [5.74, 6) is 1.90. The Balaban J connectivity index is 0.964. The van der Waals surface area contributed by atoms with Gasteiger partial charge in [0.25, 0.3) is 0 Å². The van der Waals surface area contributed by atoms with Gasteiger partial charge in [-0.05, 0) is 95.1 Å². The molecule has 10 aromatic carbocycles.